The van der Waals surface area contributed by atoms with Crippen LogP contribution in [0.1, 0.15) is 29.6 Å². The molecule has 1 aliphatic heterocycles. The Balaban J connectivity index is 1.92. The summed E-state index contributed by atoms with van der Waals surface area (Å²) < 4.78 is 32.3. The highest BCUT2D eigenvalue weighted by molar-refractivity contribution is 7.89. The second-order valence-electron chi connectivity index (χ2n) is 6.14. The van der Waals surface area contributed by atoms with Gasteiger partial charge in [0.05, 0.1) is 9.82 Å². The number of nitro benzene ring substituents is 1. The van der Waals surface area contributed by atoms with Gasteiger partial charge in [0.2, 0.25) is 15.8 Å². The van der Waals surface area contributed by atoms with Crippen LogP contribution >= 0.6 is 0 Å². The Morgan fingerprint density at radius 1 is 1.04 bits per heavy atom. The summed E-state index contributed by atoms with van der Waals surface area (Å²) in [6, 6.07) is 9.66. The van der Waals surface area contributed by atoms with Crippen molar-refractivity contribution in [3.8, 4) is 11.5 Å². The lowest BCUT2D eigenvalue weighted by Crippen LogP contribution is -2.35. The van der Waals surface area contributed by atoms with E-state index in [1.165, 1.54) is 40.7 Å². The molecule has 0 radical (unpaired) electrons. The van der Waals surface area contributed by atoms with E-state index in [-0.39, 0.29) is 10.6 Å². The number of carbonyl (C=O) groups excluding carboxylic acids is 1. The highest BCUT2D eigenvalue weighted by Gasteiger charge is 2.29. The fraction of sp³-hybridized carbons (Fsp3) is 0.278. The van der Waals surface area contributed by atoms with E-state index in [9.17, 15) is 23.3 Å². The Labute approximate surface area is 156 Å². The number of hydrogen-bond acceptors (Lipinski definition) is 6. The van der Waals surface area contributed by atoms with Crippen molar-refractivity contribution in [1.29, 1.82) is 0 Å². The molecule has 0 atom stereocenters. The first-order chi connectivity index (χ1) is 12.9. The number of aldehydes is 1. The Kier molecular flexibility index (Phi) is 5.52. The predicted octanol–water partition coefficient (Wildman–Crippen LogP) is 3.37. The van der Waals surface area contributed by atoms with Crippen LogP contribution in [0.2, 0.25) is 0 Å². The first-order valence-electron chi connectivity index (χ1n) is 8.43. The van der Waals surface area contributed by atoms with Gasteiger partial charge in [-0.05, 0) is 49.2 Å². The number of ether oxygens (including phenoxy) is 1. The first kappa shape index (κ1) is 19.0. The lowest BCUT2D eigenvalue weighted by atomic mass is 10.2. The van der Waals surface area contributed by atoms with Crippen molar-refractivity contribution in [1.82, 2.24) is 4.31 Å². The van der Waals surface area contributed by atoms with Gasteiger partial charge in [-0.25, -0.2) is 8.42 Å². The molecule has 0 aromatic heterocycles. The van der Waals surface area contributed by atoms with Gasteiger partial charge in [-0.15, -0.1) is 0 Å². The van der Waals surface area contributed by atoms with E-state index < -0.39 is 20.6 Å². The molecule has 0 N–H and O–H groups in total. The minimum atomic E-state index is -3.78. The average molecular weight is 390 g/mol. The summed E-state index contributed by atoms with van der Waals surface area (Å²) in [6.45, 7) is 0.828. The van der Waals surface area contributed by atoms with E-state index in [4.69, 9.17) is 4.74 Å². The molecule has 1 fully saturated rings. The maximum absolute atomic E-state index is 12.7. The molecule has 2 aromatic carbocycles. The topological polar surface area (TPSA) is 107 Å². The summed E-state index contributed by atoms with van der Waals surface area (Å²) in [6.07, 6.45) is 3.20. The molecule has 0 bridgehead atoms. The summed E-state index contributed by atoms with van der Waals surface area (Å²) in [5.74, 6) is 0.229. The number of hydrogen-bond donors (Lipinski definition) is 0. The second-order valence-corrected chi connectivity index (χ2v) is 8.08. The monoisotopic (exact) mass is 390 g/mol. The van der Waals surface area contributed by atoms with Gasteiger partial charge in [0, 0.05) is 24.7 Å². The maximum Gasteiger partial charge on any atom is 0.312 e. The number of piperidine rings is 1. The lowest BCUT2D eigenvalue weighted by molar-refractivity contribution is -0.385. The van der Waals surface area contributed by atoms with Crippen molar-refractivity contribution in [2.75, 3.05) is 13.1 Å². The molecular formula is C18H18N2O6S. The molecule has 1 heterocycles. The van der Waals surface area contributed by atoms with Gasteiger partial charge in [-0.1, -0.05) is 6.42 Å². The normalized spacial score (nSPS) is 15.3. The van der Waals surface area contributed by atoms with Crippen LogP contribution in [-0.2, 0) is 10.0 Å². The van der Waals surface area contributed by atoms with Crippen molar-refractivity contribution in [2.24, 2.45) is 0 Å². The fourth-order valence-corrected chi connectivity index (χ4v) is 4.42. The minimum absolute atomic E-state index is 0.0727. The van der Waals surface area contributed by atoms with E-state index >= 15 is 0 Å². The molecular weight excluding hydrogens is 372 g/mol. The van der Waals surface area contributed by atoms with Crippen LogP contribution < -0.4 is 4.74 Å². The van der Waals surface area contributed by atoms with Crippen molar-refractivity contribution < 1.29 is 22.9 Å². The average Bonchev–Trinajstić information content (AvgIpc) is 2.69. The third-order valence-corrected chi connectivity index (χ3v) is 6.22. The Morgan fingerprint density at radius 2 is 1.70 bits per heavy atom. The van der Waals surface area contributed by atoms with Gasteiger partial charge in [-0.2, -0.15) is 4.31 Å². The SMILES string of the molecule is O=Cc1ccc(Oc2ccc(S(=O)(=O)N3CCCCC3)cc2[N+](=O)[O-])cc1. The standard InChI is InChI=1S/C18H18N2O6S/c21-13-14-4-6-15(7-5-14)26-18-9-8-16(12-17(18)20(22)23)27(24,25)19-10-2-1-3-11-19/h4-9,12-13H,1-3,10-11H2. The molecule has 27 heavy (non-hydrogen) atoms. The Bertz CT molecular complexity index is 950. The quantitative estimate of drug-likeness (QED) is 0.425. The van der Waals surface area contributed by atoms with Crippen molar-refractivity contribution in [2.45, 2.75) is 24.2 Å². The van der Waals surface area contributed by atoms with Gasteiger partial charge in [0.25, 0.3) is 0 Å². The molecule has 142 valence electrons. The second kappa shape index (κ2) is 7.85. The largest absolute Gasteiger partial charge is 0.450 e. The number of nitro groups is 1. The number of rotatable bonds is 6. The van der Waals surface area contributed by atoms with Crippen molar-refractivity contribution in [3.63, 3.8) is 0 Å². The third kappa shape index (κ3) is 4.15. The lowest BCUT2D eigenvalue weighted by Gasteiger charge is -2.25. The molecule has 8 nitrogen and oxygen atoms in total. The summed E-state index contributed by atoms with van der Waals surface area (Å²) >= 11 is 0. The summed E-state index contributed by atoms with van der Waals surface area (Å²) in [5.41, 5.74) is 0.00682. The highest BCUT2D eigenvalue weighted by atomic mass is 32.2. The van der Waals surface area contributed by atoms with E-state index in [1.54, 1.807) is 0 Å². The molecule has 0 saturated carbocycles. The molecule has 9 heteroatoms. The van der Waals surface area contributed by atoms with Gasteiger partial charge < -0.3 is 4.74 Å². The number of nitrogens with zero attached hydrogens (tertiary/aromatic N) is 2. The summed E-state index contributed by atoms with van der Waals surface area (Å²) in [7, 11) is -3.78. The first-order valence-corrected chi connectivity index (χ1v) is 9.87. The Hall–Kier alpha value is -2.78. The fourth-order valence-electron chi connectivity index (χ4n) is 2.88. The molecule has 2 aromatic rings. The molecule has 0 spiro atoms. The molecule has 0 unspecified atom stereocenters. The van der Waals surface area contributed by atoms with Crippen LogP contribution in [0.15, 0.2) is 47.4 Å². The smallest absolute Gasteiger partial charge is 0.312 e. The highest BCUT2D eigenvalue weighted by Crippen LogP contribution is 2.34. The molecule has 3 rings (SSSR count). The van der Waals surface area contributed by atoms with Crippen LogP contribution in [0.4, 0.5) is 5.69 Å². The van der Waals surface area contributed by atoms with Crippen LogP contribution in [0.5, 0.6) is 11.5 Å². The van der Waals surface area contributed by atoms with Crippen LogP contribution in [0.3, 0.4) is 0 Å². The van der Waals surface area contributed by atoms with Gasteiger partial charge >= 0.3 is 5.69 Å². The zero-order valence-electron chi connectivity index (χ0n) is 14.4. The zero-order valence-corrected chi connectivity index (χ0v) is 15.2. The third-order valence-electron chi connectivity index (χ3n) is 4.32. The predicted molar refractivity (Wildman–Crippen MR) is 97.6 cm³/mol. The molecule has 1 aliphatic rings. The van der Waals surface area contributed by atoms with Gasteiger partial charge in [-0.3, -0.25) is 14.9 Å². The van der Waals surface area contributed by atoms with E-state index in [2.05, 4.69) is 0 Å². The van der Waals surface area contributed by atoms with Crippen molar-refractivity contribution in [3.05, 3.63) is 58.1 Å². The summed E-state index contributed by atoms with van der Waals surface area (Å²) in [5, 5.41) is 11.4. The molecule has 0 aliphatic carbocycles. The number of sulfonamides is 1. The number of carbonyl (C=O) groups is 1. The number of benzene rings is 2. The molecule has 1 saturated heterocycles. The van der Waals surface area contributed by atoms with Gasteiger partial charge in [0.15, 0.2) is 0 Å². The van der Waals surface area contributed by atoms with Gasteiger partial charge in [0.1, 0.15) is 12.0 Å². The van der Waals surface area contributed by atoms with Crippen LogP contribution in [0.25, 0.3) is 0 Å². The summed E-state index contributed by atoms with van der Waals surface area (Å²) in [4.78, 5) is 21.3. The maximum atomic E-state index is 12.7. The zero-order chi connectivity index (χ0) is 19.4. The minimum Gasteiger partial charge on any atom is -0.450 e. The van der Waals surface area contributed by atoms with Crippen molar-refractivity contribution >= 4 is 22.0 Å². The molecule has 0 amide bonds. The van der Waals surface area contributed by atoms with E-state index in [0.717, 1.165) is 25.3 Å². The Morgan fingerprint density at radius 3 is 2.30 bits per heavy atom. The van der Waals surface area contributed by atoms with E-state index in [1.807, 2.05) is 0 Å². The van der Waals surface area contributed by atoms with Crippen LogP contribution in [0, 0.1) is 10.1 Å². The van der Waals surface area contributed by atoms with Crippen LogP contribution in [-0.4, -0.2) is 37.0 Å². The van der Waals surface area contributed by atoms with E-state index in [0.29, 0.717) is 30.7 Å².